The van der Waals surface area contributed by atoms with Crippen LogP contribution in [-0.2, 0) is 16.4 Å². The smallest absolute Gasteiger partial charge is 0.271 e. The Morgan fingerprint density at radius 3 is 2.95 bits per heavy atom. The van der Waals surface area contributed by atoms with Crippen molar-refractivity contribution in [3.63, 3.8) is 0 Å². The average molecular weight is 325 g/mol. The summed E-state index contributed by atoms with van der Waals surface area (Å²) >= 11 is 0. The third-order valence-electron chi connectivity index (χ3n) is 3.77. The van der Waals surface area contributed by atoms with Gasteiger partial charge in [-0.3, -0.25) is 15.0 Å². The zero-order valence-electron chi connectivity index (χ0n) is 11.9. The van der Waals surface area contributed by atoms with E-state index in [0.29, 0.717) is 30.1 Å². The highest BCUT2D eigenvalue weighted by atomic mass is 32.2. The van der Waals surface area contributed by atoms with Crippen molar-refractivity contribution < 1.29 is 17.8 Å². The topological polar surface area (TPSA) is 107 Å². The molecule has 2 heterocycles. The van der Waals surface area contributed by atoms with E-state index < -0.39 is 14.8 Å². The fourth-order valence-corrected chi connectivity index (χ4v) is 4.21. The third kappa shape index (κ3) is 2.95. The Morgan fingerprint density at radius 2 is 2.27 bits per heavy atom. The molecule has 2 aromatic rings. The van der Waals surface area contributed by atoms with Gasteiger partial charge in [0.15, 0.2) is 15.4 Å². The van der Waals surface area contributed by atoms with Crippen LogP contribution in [0.25, 0.3) is 11.1 Å². The van der Waals surface area contributed by atoms with Crippen LogP contribution in [0.2, 0.25) is 0 Å². The molecule has 118 valence electrons. The normalized spacial score (nSPS) is 22.0. The van der Waals surface area contributed by atoms with E-state index in [-0.39, 0.29) is 23.2 Å². The van der Waals surface area contributed by atoms with Crippen LogP contribution in [0.3, 0.4) is 0 Å². The van der Waals surface area contributed by atoms with Crippen LogP contribution in [0.1, 0.15) is 12.8 Å². The van der Waals surface area contributed by atoms with Gasteiger partial charge in [-0.25, -0.2) is 13.4 Å². The summed E-state index contributed by atoms with van der Waals surface area (Å²) in [7, 11) is -2.96. The fourth-order valence-electron chi connectivity index (χ4n) is 2.59. The molecule has 0 aliphatic carbocycles. The van der Waals surface area contributed by atoms with Gasteiger partial charge < -0.3 is 4.42 Å². The van der Waals surface area contributed by atoms with E-state index in [1.165, 1.54) is 18.2 Å². The number of benzene rings is 1. The van der Waals surface area contributed by atoms with Crippen LogP contribution in [0.15, 0.2) is 22.6 Å². The number of hydrogen-bond acceptors (Lipinski definition) is 7. The van der Waals surface area contributed by atoms with Crippen molar-refractivity contribution in [2.75, 3.05) is 18.1 Å². The van der Waals surface area contributed by atoms with Gasteiger partial charge in [0.05, 0.1) is 23.0 Å². The van der Waals surface area contributed by atoms with Crippen molar-refractivity contribution in [3.05, 3.63) is 34.2 Å². The molecule has 22 heavy (non-hydrogen) atoms. The molecule has 1 atom stereocenters. The quantitative estimate of drug-likeness (QED) is 0.619. The Hall–Kier alpha value is -2.00. The monoisotopic (exact) mass is 325 g/mol. The summed E-state index contributed by atoms with van der Waals surface area (Å²) in [5.41, 5.74) is 0.879. The second kappa shape index (κ2) is 5.33. The average Bonchev–Trinajstić information content (AvgIpc) is 2.82. The van der Waals surface area contributed by atoms with E-state index in [1.54, 1.807) is 0 Å². The molecule has 9 heteroatoms. The van der Waals surface area contributed by atoms with Crippen molar-refractivity contribution in [1.29, 1.82) is 0 Å². The number of rotatable bonds is 3. The predicted octanol–water partition coefficient (Wildman–Crippen LogP) is 1.35. The van der Waals surface area contributed by atoms with Gasteiger partial charge >= 0.3 is 0 Å². The summed E-state index contributed by atoms with van der Waals surface area (Å²) in [5, 5.41) is 10.8. The summed E-state index contributed by atoms with van der Waals surface area (Å²) in [6.45, 7) is 2.67. The Labute approximate surface area is 126 Å². The van der Waals surface area contributed by atoms with Gasteiger partial charge in [-0.2, -0.15) is 0 Å². The molecule has 0 amide bonds. The lowest BCUT2D eigenvalue weighted by Crippen LogP contribution is -2.46. The maximum Gasteiger partial charge on any atom is 0.271 e. The lowest BCUT2D eigenvalue weighted by Gasteiger charge is -2.31. The van der Waals surface area contributed by atoms with E-state index in [9.17, 15) is 18.5 Å². The van der Waals surface area contributed by atoms with Gasteiger partial charge in [-0.15, -0.1) is 0 Å². The number of hydrogen-bond donors (Lipinski definition) is 0. The molecule has 1 aromatic carbocycles. The first-order valence-electron chi connectivity index (χ1n) is 6.82. The third-order valence-corrected chi connectivity index (χ3v) is 5.57. The van der Waals surface area contributed by atoms with Crippen LogP contribution in [0, 0.1) is 10.1 Å². The molecule has 0 saturated carbocycles. The largest absolute Gasteiger partial charge is 0.439 e. The first-order valence-corrected chi connectivity index (χ1v) is 8.64. The molecule has 1 aliphatic rings. The summed E-state index contributed by atoms with van der Waals surface area (Å²) in [6, 6.07) is 4.15. The molecule has 0 radical (unpaired) electrons. The zero-order chi connectivity index (χ0) is 15.9. The van der Waals surface area contributed by atoms with Crippen LogP contribution in [0.5, 0.6) is 0 Å². The number of non-ortho nitro benzene ring substituents is 1. The number of nitrogens with zero attached hydrogens (tertiary/aromatic N) is 3. The lowest BCUT2D eigenvalue weighted by molar-refractivity contribution is -0.384. The molecule has 1 aromatic heterocycles. The second-order valence-corrected chi connectivity index (χ2v) is 7.68. The Kier molecular flexibility index (Phi) is 3.61. The van der Waals surface area contributed by atoms with Gasteiger partial charge in [0, 0.05) is 24.7 Å². The minimum Gasteiger partial charge on any atom is -0.439 e. The number of nitro groups is 1. The van der Waals surface area contributed by atoms with Gasteiger partial charge in [0.1, 0.15) is 5.52 Å². The van der Waals surface area contributed by atoms with E-state index in [2.05, 4.69) is 4.98 Å². The minimum absolute atomic E-state index is 0.0372. The minimum atomic E-state index is -2.96. The molecule has 3 rings (SSSR count). The van der Waals surface area contributed by atoms with Crippen molar-refractivity contribution in [1.82, 2.24) is 9.88 Å². The van der Waals surface area contributed by atoms with Crippen LogP contribution < -0.4 is 0 Å². The first-order chi connectivity index (χ1) is 10.3. The number of fused-ring (bicyclic) bond motifs is 1. The summed E-state index contributed by atoms with van der Waals surface area (Å²) in [5.74, 6) is 0.684. The lowest BCUT2D eigenvalue weighted by atomic mass is 10.3. The maximum absolute atomic E-state index is 11.6. The van der Waals surface area contributed by atoms with E-state index in [4.69, 9.17) is 4.42 Å². The zero-order valence-corrected chi connectivity index (χ0v) is 12.7. The van der Waals surface area contributed by atoms with Crippen molar-refractivity contribution in [2.24, 2.45) is 0 Å². The van der Waals surface area contributed by atoms with Gasteiger partial charge in [-0.1, -0.05) is 0 Å². The first kappa shape index (κ1) is 14.9. The molecule has 1 saturated heterocycles. The number of aromatic nitrogens is 1. The summed E-state index contributed by atoms with van der Waals surface area (Å²) < 4.78 is 28.7. The standard InChI is InChI=1S/C13H15N3O5S/c1-9-8-22(19,20)5-4-15(9)7-13-14-11-6-10(16(17)18)2-3-12(11)21-13/h2-3,6,9H,4-5,7-8H2,1H3. The molecular formula is C13H15N3O5S. The number of oxazole rings is 1. The SMILES string of the molecule is CC1CS(=O)(=O)CCN1Cc1nc2cc([N+](=O)[O-])ccc2o1. The van der Waals surface area contributed by atoms with E-state index >= 15 is 0 Å². The van der Waals surface area contributed by atoms with Crippen molar-refractivity contribution >= 4 is 26.6 Å². The van der Waals surface area contributed by atoms with Crippen LogP contribution >= 0.6 is 0 Å². The summed E-state index contributed by atoms with van der Waals surface area (Å²) in [6.07, 6.45) is 0. The molecule has 1 unspecified atom stereocenters. The number of nitro benzene ring substituents is 1. The van der Waals surface area contributed by atoms with Gasteiger partial charge in [-0.05, 0) is 13.0 Å². The molecule has 1 fully saturated rings. The highest BCUT2D eigenvalue weighted by Gasteiger charge is 2.29. The van der Waals surface area contributed by atoms with Crippen molar-refractivity contribution in [3.8, 4) is 0 Å². The molecule has 0 bridgehead atoms. The van der Waals surface area contributed by atoms with Crippen LogP contribution in [-0.4, -0.2) is 47.3 Å². The fraction of sp³-hybridized carbons (Fsp3) is 0.462. The maximum atomic E-state index is 11.6. The molecule has 1 aliphatic heterocycles. The second-order valence-electron chi connectivity index (χ2n) is 5.45. The summed E-state index contributed by atoms with van der Waals surface area (Å²) in [4.78, 5) is 16.5. The van der Waals surface area contributed by atoms with Gasteiger partial charge in [0.25, 0.3) is 5.69 Å². The highest BCUT2D eigenvalue weighted by Crippen LogP contribution is 2.23. The molecule has 0 N–H and O–H groups in total. The van der Waals surface area contributed by atoms with Gasteiger partial charge in [0.2, 0.25) is 5.89 Å². The number of sulfone groups is 1. The Morgan fingerprint density at radius 1 is 1.50 bits per heavy atom. The predicted molar refractivity (Wildman–Crippen MR) is 79.2 cm³/mol. The Bertz CT molecular complexity index is 829. The Balaban J connectivity index is 1.81. The van der Waals surface area contributed by atoms with Crippen molar-refractivity contribution in [2.45, 2.75) is 19.5 Å². The molecule has 0 spiro atoms. The van der Waals surface area contributed by atoms with E-state index in [0.717, 1.165) is 0 Å². The highest BCUT2D eigenvalue weighted by molar-refractivity contribution is 7.91. The van der Waals surface area contributed by atoms with Crippen LogP contribution in [0.4, 0.5) is 5.69 Å². The van der Waals surface area contributed by atoms with E-state index in [1.807, 2.05) is 11.8 Å². The molecule has 8 nitrogen and oxygen atoms in total. The molecular weight excluding hydrogens is 310 g/mol.